The maximum Gasteiger partial charge on any atom is 0.194 e. The van der Waals surface area contributed by atoms with Crippen molar-refractivity contribution in [1.82, 2.24) is 0 Å². The van der Waals surface area contributed by atoms with Gasteiger partial charge in [-0.05, 0) is 12.8 Å². The zero-order valence-electron chi connectivity index (χ0n) is 9.32. The minimum atomic E-state index is -0.157. The topological polar surface area (TPSA) is 29.6 Å². The van der Waals surface area contributed by atoms with E-state index in [1.165, 1.54) is 19.3 Å². The summed E-state index contributed by atoms with van der Waals surface area (Å²) < 4.78 is 5.71. The van der Waals surface area contributed by atoms with Gasteiger partial charge < -0.3 is 4.74 Å². The smallest absolute Gasteiger partial charge is 0.194 e. The minimum absolute atomic E-state index is 0.0782. The van der Waals surface area contributed by atoms with E-state index in [1.807, 2.05) is 30.3 Å². The summed E-state index contributed by atoms with van der Waals surface area (Å²) in [6.45, 7) is 0. The molecule has 2 fully saturated rings. The second-order valence-electron chi connectivity index (χ2n) is 4.85. The Morgan fingerprint density at radius 3 is 2.50 bits per heavy atom. The van der Waals surface area contributed by atoms with Crippen molar-refractivity contribution in [1.29, 1.82) is 0 Å². The van der Waals surface area contributed by atoms with E-state index in [0.29, 0.717) is 0 Å². The molecule has 1 saturated carbocycles. The number of carbonyl (C=O) groups is 1. The van der Waals surface area contributed by atoms with E-state index in [4.69, 9.17) is 4.74 Å². The van der Waals surface area contributed by atoms with Gasteiger partial charge in [0, 0.05) is 5.56 Å². The predicted molar refractivity (Wildman–Crippen MR) is 61.5 cm³/mol. The molecule has 2 heteroatoms. The van der Waals surface area contributed by atoms with Gasteiger partial charge >= 0.3 is 0 Å². The summed E-state index contributed by atoms with van der Waals surface area (Å²) in [5.74, 6) is 0.169. The molecule has 2 aliphatic rings. The molecule has 1 aromatic carbocycles. The molecule has 0 N–H and O–H groups in total. The molecule has 1 aliphatic heterocycles. The number of rotatable bonds is 2. The van der Waals surface area contributed by atoms with Crippen molar-refractivity contribution < 1.29 is 9.53 Å². The first-order valence-corrected chi connectivity index (χ1v) is 6.09. The van der Waals surface area contributed by atoms with Crippen molar-refractivity contribution in [3.05, 3.63) is 35.9 Å². The van der Waals surface area contributed by atoms with Gasteiger partial charge in [0.2, 0.25) is 0 Å². The average Bonchev–Trinajstić information content (AvgIpc) is 3.04. The van der Waals surface area contributed by atoms with Gasteiger partial charge in [0.15, 0.2) is 11.9 Å². The number of hydrogen-bond donors (Lipinski definition) is 0. The number of hydrogen-bond acceptors (Lipinski definition) is 2. The molecule has 1 saturated heterocycles. The van der Waals surface area contributed by atoms with E-state index in [0.717, 1.165) is 18.4 Å². The van der Waals surface area contributed by atoms with Crippen LogP contribution in [-0.4, -0.2) is 17.5 Å². The third kappa shape index (κ3) is 1.57. The molecule has 16 heavy (non-hydrogen) atoms. The highest BCUT2D eigenvalue weighted by Crippen LogP contribution is 2.49. The van der Waals surface area contributed by atoms with Gasteiger partial charge in [0.1, 0.15) is 5.60 Å². The lowest BCUT2D eigenvalue weighted by atomic mass is 9.84. The zero-order chi connectivity index (χ0) is 11.0. The summed E-state index contributed by atoms with van der Waals surface area (Å²) in [6, 6.07) is 9.49. The van der Waals surface area contributed by atoms with Gasteiger partial charge in [0.25, 0.3) is 0 Å². The van der Waals surface area contributed by atoms with Crippen LogP contribution in [0.4, 0.5) is 0 Å². The summed E-state index contributed by atoms with van der Waals surface area (Å²) in [5, 5.41) is 0. The maximum atomic E-state index is 12.2. The number of ether oxygens (including phenoxy) is 1. The van der Waals surface area contributed by atoms with Crippen LogP contribution in [0, 0.1) is 0 Å². The zero-order valence-corrected chi connectivity index (χ0v) is 9.32. The molecule has 1 spiro atoms. The van der Waals surface area contributed by atoms with E-state index in [2.05, 4.69) is 0 Å². The third-order valence-corrected chi connectivity index (χ3v) is 3.77. The van der Waals surface area contributed by atoms with Crippen LogP contribution in [-0.2, 0) is 4.74 Å². The van der Waals surface area contributed by atoms with Gasteiger partial charge in [-0.25, -0.2) is 0 Å². The normalized spacial score (nSPS) is 26.6. The van der Waals surface area contributed by atoms with Crippen LogP contribution >= 0.6 is 0 Å². The summed E-state index contributed by atoms with van der Waals surface area (Å²) in [4.78, 5) is 12.2. The minimum Gasteiger partial charge on any atom is -0.357 e. The number of ketones is 1. The molecule has 0 bridgehead atoms. The van der Waals surface area contributed by atoms with Gasteiger partial charge in [-0.1, -0.05) is 49.6 Å². The molecular formula is C14H16O2. The first-order chi connectivity index (χ1) is 7.82. The third-order valence-electron chi connectivity index (χ3n) is 3.77. The molecule has 84 valence electrons. The van der Waals surface area contributed by atoms with Crippen LogP contribution < -0.4 is 0 Å². The Balaban J connectivity index is 1.74. The first-order valence-electron chi connectivity index (χ1n) is 6.09. The fourth-order valence-corrected chi connectivity index (χ4v) is 2.78. The Morgan fingerprint density at radius 2 is 1.81 bits per heavy atom. The van der Waals surface area contributed by atoms with Crippen molar-refractivity contribution in [3.63, 3.8) is 0 Å². The van der Waals surface area contributed by atoms with E-state index < -0.39 is 0 Å². The van der Waals surface area contributed by atoms with Gasteiger partial charge in [-0.15, -0.1) is 0 Å². The van der Waals surface area contributed by atoms with E-state index in [9.17, 15) is 4.79 Å². The number of carbonyl (C=O) groups excluding carboxylic acids is 1. The Kier molecular flexibility index (Phi) is 2.32. The molecule has 1 heterocycles. The van der Waals surface area contributed by atoms with Crippen LogP contribution in [0.5, 0.6) is 0 Å². The molecule has 0 radical (unpaired) electrons. The van der Waals surface area contributed by atoms with Crippen LogP contribution in [0.1, 0.15) is 42.5 Å². The molecule has 1 atom stereocenters. The summed E-state index contributed by atoms with van der Waals surface area (Å²) in [6.07, 6.45) is 5.68. The van der Waals surface area contributed by atoms with Crippen LogP contribution in [0.2, 0.25) is 0 Å². The predicted octanol–water partition coefficient (Wildman–Crippen LogP) is 2.97. The number of Topliss-reactive ketones (excluding diaryl/α,β-unsaturated/α-hetero) is 1. The van der Waals surface area contributed by atoms with Crippen molar-refractivity contribution in [2.75, 3.05) is 0 Å². The number of benzene rings is 1. The largest absolute Gasteiger partial charge is 0.357 e. The Hall–Kier alpha value is -1.15. The monoisotopic (exact) mass is 216 g/mol. The van der Waals surface area contributed by atoms with Crippen LogP contribution in [0.25, 0.3) is 0 Å². The molecular weight excluding hydrogens is 200 g/mol. The van der Waals surface area contributed by atoms with E-state index >= 15 is 0 Å². The highest BCUT2D eigenvalue weighted by molar-refractivity contribution is 6.02. The SMILES string of the molecule is O=C(c1ccccc1)C1OC12CCCCC2. The molecule has 3 rings (SSSR count). The lowest BCUT2D eigenvalue weighted by molar-refractivity contribution is 0.0953. The lowest BCUT2D eigenvalue weighted by Gasteiger charge is -2.17. The van der Waals surface area contributed by atoms with Crippen molar-refractivity contribution in [3.8, 4) is 0 Å². The molecule has 1 aromatic rings. The average molecular weight is 216 g/mol. The van der Waals surface area contributed by atoms with Crippen molar-refractivity contribution >= 4 is 5.78 Å². The van der Waals surface area contributed by atoms with Gasteiger partial charge in [-0.2, -0.15) is 0 Å². The Morgan fingerprint density at radius 1 is 1.12 bits per heavy atom. The fourth-order valence-electron chi connectivity index (χ4n) is 2.78. The molecule has 0 aromatic heterocycles. The Labute approximate surface area is 95.6 Å². The Bertz CT molecular complexity index is 390. The quantitative estimate of drug-likeness (QED) is 0.562. The standard InChI is InChI=1S/C14H16O2/c15-12(11-7-3-1-4-8-11)13-14(16-13)9-5-2-6-10-14/h1,3-4,7-8,13H,2,5-6,9-10H2. The molecule has 1 aliphatic carbocycles. The fraction of sp³-hybridized carbons (Fsp3) is 0.500. The molecule has 2 nitrogen and oxygen atoms in total. The first kappa shape index (κ1) is 10.0. The summed E-state index contributed by atoms with van der Waals surface area (Å²) >= 11 is 0. The van der Waals surface area contributed by atoms with Gasteiger partial charge in [-0.3, -0.25) is 4.79 Å². The van der Waals surface area contributed by atoms with Crippen LogP contribution in [0.15, 0.2) is 30.3 Å². The summed E-state index contributed by atoms with van der Waals surface area (Å²) in [5.41, 5.74) is 0.709. The van der Waals surface area contributed by atoms with Crippen LogP contribution in [0.3, 0.4) is 0 Å². The maximum absolute atomic E-state index is 12.2. The second-order valence-corrected chi connectivity index (χ2v) is 4.85. The van der Waals surface area contributed by atoms with Gasteiger partial charge in [0.05, 0.1) is 0 Å². The van der Waals surface area contributed by atoms with E-state index in [-0.39, 0.29) is 17.5 Å². The van der Waals surface area contributed by atoms with Crippen molar-refractivity contribution in [2.24, 2.45) is 0 Å². The van der Waals surface area contributed by atoms with Crippen molar-refractivity contribution in [2.45, 2.75) is 43.8 Å². The highest BCUT2D eigenvalue weighted by atomic mass is 16.6. The second kappa shape index (κ2) is 3.70. The molecule has 0 amide bonds. The number of epoxide rings is 1. The highest BCUT2D eigenvalue weighted by Gasteiger charge is 2.59. The summed E-state index contributed by atoms with van der Waals surface area (Å²) in [7, 11) is 0. The molecule has 1 unspecified atom stereocenters. The lowest BCUT2D eigenvalue weighted by Crippen LogP contribution is -2.23. The van der Waals surface area contributed by atoms with E-state index in [1.54, 1.807) is 0 Å².